The van der Waals surface area contributed by atoms with E-state index in [4.69, 9.17) is 4.52 Å². The van der Waals surface area contributed by atoms with Gasteiger partial charge in [0, 0.05) is 18.4 Å². The Morgan fingerprint density at radius 2 is 2.18 bits per heavy atom. The molecule has 0 unspecified atom stereocenters. The third-order valence-corrected chi connectivity index (χ3v) is 2.70. The molecular formula is C10H9N3O3S. The van der Waals surface area contributed by atoms with E-state index in [0.29, 0.717) is 16.6 Å². The topological polar surface area (TPSA) is 85.1 Å². The van der Waals surface area contributed by atoms with Crippen LogP contribution in [0.15, 0.2) is 16.0 Å². The van der Waals surface area contributed by atoms with Crippen molar-refractivity contribution in [2.75, 3.05) is 5.32 Å². The maximum Gasteiger partial charge on any atom is 0.279 e. The van der Waals surface area contributed by atoms with E-state index in [1.165, 1.54) is 24.3 Å². The second kappa shape index (κ2) is 4.46. The van der Waals surface area contributed by atoms with E-state index in [1.807, 2.05) is 0 Å². The van der Waals surface area contributed by atoms with Gasteiger partial charge in [0.15, 0.2) is 16.6 Å². The van der Waals surface area contributed by atoms with Crippen LogP contribution in [0.4, 0.5) is 5.13 Å². The van der Waals surface area contributed by atoms with Crippen molar-refractivity contribution in [3.8, 4) is 0 Å². The van der Waals surface area contributed by atoms with Gasteiger partial charge < -0.3 is 4.52 Å². The summed E-state index contributed by atoms with van der Waals surface area (Å²) in [6.07, 6.45) is 0. The molecule has 17 heavy (non-hydrogen) atoms. The number of rotatable bonds is 3. The molecular weight excluding hydrogens is 242 g/mol. The molecule has 0 bridgehead atoms. The summed E-state index contributed by atoms with van der Waals surface area (Å²) in [6.45, 7) is 3.11. The van der Waals surface area contributed by atoms with Gasteiger partial charge in [-0.05, 0) is 6.92 Å². The Balaban J connectivity index is 2.10. The van der Waals surface area contributed by atoms with E-state index >= 15 is 0 Å². The van der Waals surface area contributed by atoms with Crippen molar-refractivity contribution < 1.29 is 14.1 Å². The number of nitrogens with zero attached hydrogens (tertiary/aromatic N) is 2. The Hall–Kier alpha value is -2.02. The number of hydrogen-bond donors (Lipinski definition) is 1. The van der Waals surface area contributed by atoms with Crippen LogP contribution in [-0.2, 0) is 0 Å². The number of thiazole rings is 1. The number of amides is 1. The summed E-state index contributed by atoms with van der Waals surface area (Å²) in [4.78, 5) is 26.6. The number of carbonyl (C=O) groups is 2. The standard InChI is InChI=1S/C10H9N3O3S/c1-5-3-7(13-16-5)9(15)12-10-11-8(4-17-10)6(2)14/h3-4H,1-2H3,(H,11,12,15). The third-order valence-electron chi connectivity index (χ3n) is 1.95. The maximum atomic E-state index is 11.7. The van der Waals surface area contributed by atoms with Gasteiger partial charge in [0.05, 0.1) is 0 Å². The summed E-state index contributed by atoms with van der Waals surface area (Å²) in [5.74, 6) is 0.00375. The van der Waals surface area contributed by atoms with E-state index in [0.717, 1.165) is 0 Å². The molecule has 2 aromatic rings. The number of hydrogen-bond acceptors (Lipinski definition) is 6. The molecule has 0 aliphatic rings. The Morgan fingerprint density at radius 3 is 2.71 bits per heavy atom. The fraction of sp³-hybridized carbons (Fsp3) is 0.200. The van der Waals surface area contributed by atoms with E-state index in [9.17, 15) is 9.59 Å². The van der Waals surface area contributed by atoms with Crippen LogP contribution in [0.5, 0.6) is 0 Å². The van der Waals surface area contributed by atoms with Gasteiger partial charge >= 0.3 is 0 Å². The van der Waals surface area contributed by atoms with Gasteiger partial charge in [-0.15, -0.1) is 11.3 Å². The van der Waals surface area contributed by atoms with Crippen molar-refractivity contribution in [2.24, 2.45) is 0 Å². The molecule has 2 rings (SSSR count). The summed E-state index contributed by atoms with van der Waals surface area (Å²) >= 11 is 1.19. The van der Waals surface area contributed by atoms with E-state index in [2.05, 4.69) is 15.5 Å². The summed E-state index contributed by atoms with van der Waals surface area (Å²) in [5.41, 5.74) is 0.517. The van der Waals surface area contributed by atoms with Crippen LogP contribution < -0.4 is 5.32 Å². The third kappa shape index (κ3) is 2.56. The molecule has 0 aliphatic heterocycles. The molecule has 6 nitrogen and oxygen atoms in total. The number of carbonyl (C=O) groups excluding carboxylic acids is 2. The van der Waals surface area contributed by atoms with Crippen LogP contribution in [0.3, 0.4) is 0 Å². The zero-order valence-corrected chi connectivity index (χ0v) is 10.00. The first-order valence-electron chi connectivity index (χ1n) is 4.77. The zero-order chi connectivity index (χ0) is 12.4. The number of aryl methyl sites for hydroxylation is 1. The molecule has 0 spiro atoms. The second-order valence-electron chi connectivity index (χ2n) is 3.37. The van der Waals surface area contributed by atoms with Crippen molar-refractivity contribution in [3.63, 3.8) is 0 Å². The maximum absolute atomic E-state index is 11.7. The molecule has 0 atom stereocenters. The molecule has 0 fully saturated rings. The molecule has 0 saturated heterocycles. The predicted octanol–water partition coefficient (Wildman–Crippen LogP) is 1.89. The molecule has 1 N–H and O–H groups in total. The first-order chi connectivity index (χ1) is 8.06. The van der Waals surface area contributed by atoms with Crippen molar-refractivity contribution in [2.45, 2.75) is 13.8 Å². The highest BCUT2D eigenvalue weighted by Gasteiger charge is 2.13. The summed E-state index contributed by atoms with van der Waals surface area (Å²) in [7, 11) is 0. The van der Waals surface area contributed by atoms with Crippen LogP contribution in [0, 0.1) is 6.92 Å². The van der Waals surface area contributed by atoms with E-state index < -0.39 is 5.91 Å². The lowest BCUT2D eigenvalue weighted by atomic mass is 10.3. The van der Waals surface area contributed by atoms with Crippen LogP contribution in [0.1, 0.15) is 33.7 Å². The van der Waals surface area contributed by atoms with Crippen LogP contribution in [0.2, 0.25) is 0 Å². The quantitative estimate of drug-likeness (QED) is 0.842. The lowest BCUT2D eigenvalue weighted by molar-refractivity contribution is 0.1000. The van der Waals surface area contributed by atoms with Gasteiger partial charge in [-0.3, -0.25) is 14.9 Å². The SMILES string of the molecule is CC(=O)c1csc(NC(=O)c2cc(C)on2)n1. The Bertz CT molecular complexity index is 573. The monoisotopic (exact) mass is 251 g/mol. The fourth-order valence-corrected chi connectivity index (χ4v) is 1.87. The van der Waals surface area contributed by atoms with Gasteiger partial charge in [0.25, 0.3) is 5.91 Å². The van der Waals surface area contributed by atoms with Crippen LogP contribution in [-0.4, -0.2) is 21.8 Å². The molecule has 1 amide bonds. The number of nitrogens with one attached hydrogen (secondary N) is 1. The number of Topliss-reactive ketones (excluding diaryl/α,β-unsaturated/α-hetero) is 1. The lowest BCUT2D eigenvalue weighted by Gasteiger charge is -1.95. The summed E-state index contributed by atoms with van der Waals surface area (Å²) in [6, 6.07) is 1.52. The smallest absolute Gasteiger partial charge is 0.279 e. The average molecular weight is 251 g/mol. The van der Waals surface area contributed by atoms with Gasteiger partial charge in [0.1, 0.15) is 11.5 Å². The number of aromatic nitrogens is 2. The Kier molecular flexibility index (Phi) is 3.01. The molecule has 88 valence electrons. The molecule has 0 saturated carbocycles. The molecule has 2 heterocycles. The van der Waals surface area contributed by atoms with Gasteiger partial charge in [-0.25, -0.2) is 4.98 Å². The molecule has 0 radical (unpaired) electrons. The number of anilines is 1. The van der Waals surface area contributed by atoms with Gasteiger partial charge in [0.2, 0.25) is 0 Å². The van der Waals surface area contributed by atoms with Crippen molar-refractivity contribution >= 4 is 28.2 Å². The predicted molar refractivity (Wildman–Crippen MR) is 61.3 cm³/mol. The van der Waals surface area contributed by atoms with Crippen LogP contribution in [0.25, 0.3) is 0 Å². The minimum atomic E-state index is -0.411. The summed E-state index contributed by atoms with van der Waals surface area (Å²) in [5, 5.41) is 8.07. The Morgan fingerprint density at radius 1 is 1.41 bits per heavy atom. The summed E-state index contributed by atoms with van der Waals surface area (Å²) < 4.78 is 4.78. The average Bonchev–Trinajstić information content (AvgIpc) is 2.86. The number of ketones is 1. The highest BCUT2D eigenvalue weighted by Crippen LogP contribution is 2.16. The van der Waals surface area contributed by atoms with Crippen molar-refractivity contribution in [1.82, 2.24) is 10.1 Å². The lowest BCUT2D eigenvalue weighted by Crippen LogP contribution is -2.12. The molecule has 0 aromatic carbocycles. The molecule has 2 aromatic heterocycles. The molecule has 0 aliphatic carbocycles. The van der Waals surface area contributed by atoms with E-state index in [-0.39, 0.29) is 11.5 Å². The van der Waals surface area contributed by atoms with Crippen molar-refractivity contribution in [3.05, 3.63) is 28.6 Å². The first kappa shape index (κ1) is 11.5. The molecule has 7 heteroatoms. The van der Waals surface area contributed by atoms with Crippen LogP contribution >= 0.6 is 11.3 Å². The highest BCUT2D eigenvalue weighted by molar-refractivity contribution is 7.14. The fourth-order valence-electron chi connectivity index (χ4n) is 1.13. The first-order valence-corrected chi connectivity index (χ1v) is 5.65. The Labute approximate surface area is 101 Å². The van der Waals surface area contributed by atoms with Gasteiger partial charge in [-0.1, -0.05) is 5.16 Å². The zero-order valence-electron chi connectivity index (χ0n) is 9.18. The van der Waals surface area contributed by atoms with Gasteiger partial charge in [-0.2, -0.15) is 0 Å². The highest BCUT2D eigenvalue weighted by atomic mass is 32.1. The second-order valence-corrected chi connectivity index (χ2v) is 4.23. The normalized spacial score (nSPS) is 10.2. The largest absolute Gasteiger partial charge is 0.361 e. The van der Waals surface area contributed by atoms with E-state index in [1.54, 1.807) is 12.3 Å². The minimum absolute atomic E-state index is 0.140. The minimum Gasteiger partial charge on any atom is -0.361 e. The van der Waals surface area contributed by atoms with Crippen molar-refractivity contribution in [1.29, 1.82) is 0 Å².